The third kappa shape index (κ3) is 3.92. The summed E-state index contributed by atoms with van der Waals surface area (Å²) in [6, 6.07) is 2.07. The molecule has 8 heteroatoms. The zero-order chi connectivity index (χ0) is 15.6. The predicted molar refractivity (Wildman–Crippen MR) is 80.1 cm³/mol. The molecular weight excluding hydrogens is 317 g/mol. The fourth-order valence-corrected chi connectivity index (χ4v) is 3.98. The number of hydrogen-bond donors (Lipinski definition) is 2. The van der Waals surface area contributed by atoms with Gasteiger partial charge in [0.25, 0.3) is 0 Å². The average molecular weight is 336 g/mol. The molecule has 0 radical (unpaired) electrons. The molecule has 1 unspecified atom stereocenters. The molecule has 0 bridgehead atoms. The van der Waals surface area contributed by atoms with E-state index in [1.54, 1.807) is 0 Å². The van der Waals surface area contributed by atoms with Crippen molar-refractivity contribution < 1.29 is 12.8 Å². The molecule has 3 N–H and O–H groups in total. The van der Waals surface area contributed by atoms with Gasteiger partial charge in [-0.3, -0.25) is 0 Å². The van der Waals surface area contributed by atoms with Gasteiger partial charge >= 0.3 is 0 Å². The Morgan fingerprint density at radius 3 is 2.86 bits per heavy atom. The molecule has 1 saturated heterocycles. The summed E-state index contributed by atoms with van der Waals surface area (Å²) in [6.07, 6.45) is 1.69. The summed E-state index contributed by atoms with van der Waals surface area (Å²) in [6.45, 7) is 1.56. The van der Waals surface area contributed by atoms with E-state index >= 15 is 0 Å². The predicted octanol–water partition coefficient (Wildman–Crippen LogP) is 1.31. The van der Waals surface area contributed by atoms with Crippen molar-refractivity contribution in [3.05, 3.63) is 28.5 Å². The number of piperidine rings is 1. The highest BCUT2D eigenvalue weighted by molar-refractivity contribution is 7.89. The fraction of sp³-hybridized carbons (Fsp3) is 0.538. The van der Waals surface area contributed by atoms with Gasteiger partial charge in [-0.1, -0.05) is 11.6 Å². The normalized spacial score (nSPS) is 20.7. The average Bonchev–Trinajstić information content (AvgIpc) is 2.41. The molecule has 1 aliphatic heterocycles. The summed E-state index contributed by atoms with van der Waals surface area (Å²) in [5.74, 6) is -0.777. The number of nitrogens with two attached hydrogens (primary N) is 1. The molecule has 118 valence electrons. The maximum atomic E-state index is 13.7. The Hall–Kier alpha value is -0.730. The van der Waals surface area contributed by atoms with Crippen molar-refractivity contribution in [2.45, 2.75) is 30.3 Å². The van der Waals surface area contributed by atoms with Gasteiger partial charge in [0, 0.05) is 19.1 Å². The second-order valence-electron chi connectivity index (χ2n) is 5.31. The van der Waals surface area contributed by atoms with E-state index in [1.165, 1.54) is 6.07 Å². The lowest BCUT2D eigenvalue weighted by Crippen LogP contribution is -2.46. The zero-order valence-corrected chi connectivity index (χ0v) is 13.3. The lowest BCUT2D eigenvalue weighted by molar-refractivity contribution is 0.242. The Kier molecular flexibility index (Phi) is 5.21. The van der Waals surface area contributed by atoms with Gasteiger partial charge in [-0.05, 0) is 44.1 Å². The van der Waals surface area contributed by atoms with Crippen molar-refractivity contribution in [3.63, 3.8) is 0 Å². The van der Waals surface area contributed by atoms with Crippen LogP contribution in [0.2, 0.25) is 5.02 Å². The Balaban J connectivity index is 2.25. The molecule has 0 amide bonds. The molecule has 1 aromatic rings. The molecule has 1 aromatic carbocycles. The SMILES string of the molecule is CN1CCCC(NS(=O)(=O)c2cc(F)c(Cl)c(CN)c2)C1. The standard InChI is InChI=1S/C13H19ClFN3O2S/c1-18-4-2-3-10(8-18)17-21(19,20)11-5-9(7-16)13(14)12(15)6-11/h5-6,10,17H,2-4,7-8,16H2,1H3. The molecule has 1 fully saturated rings. The van der Waals surface area contributed by atoms with Gasteiger partial charge in [-0.25, -0.2) is 17.5 Å². The van der Waals surface area contributed by atoms with Gasteiger partial charge < -0.3 is 10.6 Å². The summed E-state index contributed by atoms with van der Waals surface area (Å²) in [7, 11) is -1.85. The lowest BCUT2D eigenvalue weighted by Gasteiger charge is -2.30. The smallest absolute Gasteiger partial charge is 0.240 e. The van der Waals surface area contributed by atoms with Crippen molar-refractivity contribution in [2.24, 2.45) is 5.73 Å². The number of benzene rings is 1. The van der Waals surface area contributed by atoms with Gasteiger partial charge in [-0.15, -0.1) is 0 Å². The first-order valence-electron chi connectivity index (χ1n) is 6.72. The maximum absolute atomic E-state index is 13.7. The monoisotopic (exact) mass is 335 g/mol. The van der Waals surface area contributed by atoms with E-state index in [1.807, 2.05) is 7.05 Å². The van der Waals surface area contributed by atoms with Crippen LogP contribution in [0.15, 0.2) is 17.0 Å². The molecule has 1 heterocycles. The van der Waals surface area contributed by atoms with Crippen molar-refractivity contribution in [1.82, 2.24) is 9.62 Å². The van der Waals surface area contributed by atoms with Crippen LogP contribution in [0.1, 0.15) is 18.4 Å². The van der Waals surface area contributed by atoms with Crippen LogP contribution in [0.5, 0.6) is 0 Å². The number of nitrogens with zero attached hydrogens (tertiary/aromatic N) is 1. The summed E-state index contributed by atoms with van der Waals surface area (Å²) in [4.78, 5) is 1.92. The molecule has 0 spiro atoms. The zero-order valence-electron chi connectivity index (χ0n) is 11.8. The quantitative estimate of drug-likeness (QED) is 0.870. The molecule has 0 saturated carbocycles. The minimum absolute atomic E-state index is 0.0225. The number of sulfonamides is 1. The molecule has 21 heavy (non-hydrogen) atoms. The largest absolute Gasteiger partial charge is 0.326 e. The fourth-order valence-electron chi connectivity index (χ4n) is 2.47. The first-order chi connectivity index (χ1) is 9.83. The van der Waals surface area contributed by atoms with E-state index in [9.17, 15) is 12.8 Å². The molecule has 1 atom stereocenters. The van der Waals surface area contributed by atoms with Crippen LogP contribution < -0.4 is 10.5 Å². The summed E-state index contributed by atoms with van der Waals surface area (Å²) in [5, 5.41) is -0.131. The first kappa shape index (κ1) is 16.6. The molecular formula is C13H19ClFN3O2S. The van der Waals surface area contributed by atoms with Gasteiger partial charge in [0.15, 0.2) is 0 Å². The van der Waals surface area contributed by atoms with Crippen molar-refractivity contribution >= 4 is 21.6 Å². The second-order valence-corrected chi connectivity index (χ2v) is 7.40. The minimum Gasteiger partial charge on any atom is -0.326 e. The second kappa shape index (κ2) is 6.58. The number of nitrogens with one attached hydrogen (secondary N) is 1. The summed E-state index contributed by atoms with van der Waals surface area (Å²) in [5.41, 5.74) is 5.74. The highest BCUT2D eigenvalue weighted by Gasteiger charge is 2.25. The molecule has 1 aliphatic rings. The van der Waals surface area contributed by atoms with E-state index < -0.39 is 15.8 Å². The Bertz CT molecular complexity index is 624. The Morgan fingerprint density at radius 1 is 1.52 bits per heavy atom. The number of hydrogen-bond acceptors (Lipinski definition) is 4. The van der Waals surface area contributed by atoms with Crippen molar-refractivity contribution in [3.8, 4) is 0 Å². The Morgan fingerprint density at radius 2 is 2.24 bits per heavy atom. The van der Waals surface area contributed by atoms with Crippen LogP contribution in [0.4, 0.5) is 4.39 Å². The van der Waals surface area contributed by atoms with Gasteiger partial charge in [0.05, 0.1) is 9.92 Å². The molecule has 0 aromatic heterocycles. The third-order valence-corrected chi connectivity index (χ3v) is 5.48. The van der Waals surface area contributed by atoms with E-state index in [2.05, 4.69) is 9.62 Å². The topological polar surface area (TPSA) is 75.4 Å². The van der Waals surface area contributed by atoms with Gasteiger partial charge in [-0.2, -0.15) is 0 Å². The van der Waals surface area contributed by atoms with E-state index in [4.69, 9.17) is 17.3 Å². The summed E-state index contributed by atoms with van der Waals surface area (Å²) < 4.78 is 41.0. The lowest BCUT2D eigenvalue weighted by atomic mass is 10.1. The number of halogens is 2. The number of likely N-dealkylation sites (tertiary alicyclic amines) is 1. The maximum Gasteiger partial charge on any atom is 0.240 e. The number of rotatable bonds is 4. The molecule has 5 nitrogen and oxygen atoms in total. The van der Waals surface area contributed by atoms with Crippen LogP contribution in [-0.2, 0) is 16.6 Å². The number of likely N-dealkylation sites (N-methyl/N-ethyl adjacent to an activating group) is 1. The molecule has 2 rings (SSSR count). The van der Waals surface area contributed by atoms with Crippen LogP contribution in [-0.4, -0.2) is 39.5 Å². The first-order valence-corrected chi connectivity index (χ1v) is 8.58. The van der Waals surface area contributed by atoms with Gasteiger partial charge in [0.1, 0.15) is 5.82 Å². The van der Waals surface area contributed by atoms with Gasteiger partial charge in [0.2, 0.25) is 10.0 Å². The third-order valence-electron chi connectivity index (χ3n) is 3.55. The van der Waals surface area contributed by atoms with Crippen LogP contribution in [0.25, 0.3) is 0 Å². The Labute approximate surface area is 129 Å². The van der Waals surface area contributed by atoms with E-state index in [0.29, 0.717) is 6.54 Å². The van der Waals surface area contributed by atoms with E-state index in [0.717, 1.165) is 25.5 Å². The van der Waals surface area contributed by atoms with Crippen LogP contribution in [0, 0.1) is 5.82 Å². The van der Waals surface area contributed by atoms with Crippen LogP contribution in [0.3, 0.4) is 0 Å². The summed E-state index contributed by atoms with van der Waals surface area (Å²) >= 11 is 5.75. The van der Waals surface area contributed by atoms with Crippen molar-refractivity contribution in [2.75, 3.05) is 20.1 Å². The minimum atomic E-state index is -3.79. The van der Waals surface area contributed by atoms with Crippen molar-refractivity contribution in [1.29, 1.82) is 0 Å². The van der Waals surface area contributed by atoms with Crippen LogP contribution >= 0.6 is 11.6 Å². The van der Waals surface area contributed by atoms with E-state index in [-0.39, 0.29) is 28.1 Å². The molecule has 0 aliphatic carbocycles. The highest BCUT2D eigenvalue weighted by atomic mass is 35.5. The highest BCUT2D eigenvalue weighted by Crippen LogP contribution is 2.24.